The van der Waals surface area contributed by atoms with E-state index in [2.05, 4.69) is 10.3 Å². The third-order valence-corrected chi connectivity index (χ3v) is 4.83. The van der Waals surface area contributed by atoms with Gasteiger partial charge < -0.3 is 25.0 Å². The van der Waals surface area contributed by atoms with Crippen LogP contribution in [-0.2, 0) is 14.3 Å². The van der Waals surface area contributed by atoms with Crippen molar-refractivity contribution in [2.45, 2.75) is 12.5 Å². The van der Waals surface area contributed by atoms with E-state index in [1.54, 1.807) is 26.2 Å². The van der Waals surface area contributed by atoms with E-state index in [1.165, 1.54) is 11.8 Å². The van der Waals surface area contributed by atoms with Gasteiger partial charge in [-0.25, -0.2) is 4.79 Å². The third kappa shape index (κ3) is 4.62. The molecule has 2 rings (SSSR count). The lowest BCUT2D eigenvalue weighted by Gasteiger charge is -2.12. The Balaban J connectivity index is 1.94. The molecule has 0 fully saturated rings. The van der Waals surface area contributed by atoms with Crippen molar-refractivity contribution in [1.82, 2.24) is 0 Å². The second-order valence-electron chi connectivity index (χ2n) is 5.55. The number of aromatic hydroxyl groups is 1. The van der Waals surface area contributed by atoms with Crippen LogP contribution >= 0.6 is 11.8 Å². The first-order valence-electron chi connectivity index (χ1n) is 7.56. The van der Waals surface area contributed by atoms with E-state index in [-0.39, 0.29) is 5.75 Å². The third-order valence-electron chi connectivity index (χ3n) is 3.53. The van der Waals surface area contributed by atoms with Gasteiger partial charge in [-0.05, 0) is 19.1 Å². The van der Waals surface area contributed by atoms with Crippen LogP contribution in [0.3, 0.4) is 0 Å². The second kappa shape index (κ2) is 8.36. The van der Waals surface area contributed by atoms with Gasteiger partial charge in [-0.2, -0.15) is 0 Å². The molecule has 0 amide bonds. The molecule has 1 aromatic rings. The first kappa shape index (κ1) is 18.6. The molecular formula is C16H22N2O5S. The number of nitrogens with zero attached hydrogens (tertiary/aromatic N) is 1. The number of thioether (sulfide) groups is 1. The van der Waals surface area contributed by atoms with Crippen molar-refractivity contribution in [1.29, 1.82) is 0 Å². The maximum atomic E-state index is 11.2. The van der Waals surface area contributed by atoms with E-state index >= 15 is 0 Å². The summed E-state index contributed by atoms with van der Waals surface area (Å²) >= 11 is 1.34. The zero-order valence-electron chi connectivity index (χ0n) is 13.7. The maximum absolute atomic E-state index is 11.2. The van der Waals surface area contributed by atoms with Crippen LogP contribution in [0, 0.1) is 0 Å². The van der Waals surface area contributed by atoms with Gasteiger partial charge in [0.15, 0.2) is 5.54 Å². The van der Waals surface area contributed by atoms with Crippen molar-refractivity contribution in [3.05, 3.63) is 23.8 Å². The minimum atomic E-state index is -1.14. The predicted molar refractivity (Wildman–Crippen MR) is 94.3 cm³/mol. The lowest BCUT2D eigenvalue weighted by atomic mass is 10.1. The van der Waals surface area contributed by atoms with Crippen molar-refractivity contribution in [2.75, 3.05) is 44.5 Å². The Labute approximate surface area is 145 Å². The summed E-state index contributed by atoms with van der Waals surface area (Å²) in [6, 6.07) is 5.16. The highest BCUT2D eigenvalue weighted by molar-refractivity contribution is 8.14. The zero-order valence-corrected chi connectivity index (χ0v) is 14.6. The number of ether oxygens (including phenoxy) is 2. The monoisotopic (exact) mass is 354 g/mol. The predicted octanol–water partition coefficient (Wildman–Crippen LogP) is 1.80. The minimum absolute atomic E-state index is 0.0705. The Kier molecular flexibility index (Phi) is 6.47. The average molecular weight is 354 g/mol. The van der Waals surface area contributed by atoms with Crippen LogP contribution in [-0.4, -0.2) is 66.0 Å². The molecule has 1 heterocycles. The molecule has 132 valence electrons. The lowest BCUT2D eigenvalue weighted by Crippen LogP contribution is -2.33. The molecule has 0 aliphatic carbocycles. The van der Waals surface area contributed by atoms with Gasteiger partial charge in [0.05, 0.1) is 19.8 Å². The molecule has 0 radical (unpaired) electrons. The van der Waals surface area contributed by atoms with Gasteiger partial charge in [0, 0.05) is 36.7 Å². The first-order chi connectivity index (χ1) is 11.5. The van der Waals surface area contributed by atoms with Gasteiger partial charge in [0.1, 0.15) is 10.8 Å². The summed E-state index contributed by atoms with van der Waals surface area (Å²) in [6.45, 7) is 3.82. The quantitative estimate of drug-likeness (QED) is 0.581. The number of phenols is 1. The van der Waals surface area contributed by atoms with Crippen molar-refractivity contribution >= 4 is 28.5 Å². The molecule has 0 saturated carbocycles. The van der Waals surface area contributed by atoms with E-state index < -0.39 is 11.5 Å². The molecule has 3 N–H and O–H groups in total. The molecule has 24 heavy (non-hydrogen) atoms. The maximum Gasteiger partial charge on any atom is 0.332 e. The highest BCUT2D eigenvalue weighted by Gasteiger charge is 2.38. The number of hydrogen-bond acceptors (Lipinski definition) is 7. The normalized spacial score (nSPS) is 20.0. The number of aliphatic carboxylic acids is 1. The average Bonchev–Trinajstić information content (AvgIpc) is 2.94. The number of hydrogen-bond donors (Lipinski definition) is 3. The first-order valence-corrected chi connectivity index (χ1v) is 8.55. The van der Waals surface area contributed by atoms with Gasteiger partial charge in [-0.15, -0.1) is 11.8 Å². The van der Waals surface area contributed by atoms with E-state index in [9.17, 15) is 15.0 Å². The molecule has 0 aromatic heterocycles. The highest BCUT2D eigenvalue weighted by atomic mass is 32.2. The summed E-state index contributed by atoms with van der Waals surface area (Å²) in [5.41, 5.74) is 0.172. The largest absolute Gasteiger partial charge is 0.507 e. The number of carboxylic acid groups (broad SMARTS) is 1. The summed E-state index contributed by atoms with van der Waals surface area (Å²) in [6.07, 6.45) is 0. The van der Waals surface area contributed by atoms with Crippen LogP contribution in [0.1, 0.15) is 12.5 Å². The Bertz CT molecular complexity index is 622. The van der Waals surface area contributed by atoms with Gasteiger partial charge >= 0.3 is 5.97 Å². The fourth-order valence-electron chi connectivity index (χ4n) is 2.08. The van der Waals surface area contributed by atoms with E-state index in [0.29, 0.717) is 42.7 Å². The number of rotatable bonds is 9. The summed E-state index contributed by atoms with van der Waals surface area (Å²) in [5, 5.41) is 23.1. The molecule has 1 aliphatic rings. The van der Waals surface area contributed by atoms with Gasteiger partial charge in [0.25, 0.3) is 0 Å². The highest BCUT2D eigenvalue weighted by Crippen LogP contribution is 2.35. The molecule has 1 atom stereocenters. The molecule has 7 nitrogen and oxygen atoms in total. The fourth-order valence-corrected chi connectivity index (χ4v) is 3.28. The number of phenolic OH excluding ortho intramolecular Hbond substituents is 1. The molecule has 0 spiro atoms. The SMILES string of the molecule is COCCOCCNc1ccc(C2=NC(C)(C(=O)O)CS2)c(O)c1. The number of methoxy groups -OCH3 is 1. The van der Waals surface area contributed by atoms with E-state index in [0.717, 1.165) is 5.69 Å². The number of carboxylic acids is 1. The molecule has 1 aromatic carbocycles. The Morgan fingerprint density at radius 3 is 2.83 bits per heavy atom. The molecular weight excluding hydrogens is 332 g/mol. The van der Waals surface area contributed by atoms with Crippen LogP contribution in [0.4, 0.5) is 5.69 Å². The Morgan fingerprint density at radius 2 is 2.21 bits per heavy atom. The van der Waals surface area contributed by atoms with Gasteiger partial charge in [0.2, 0.25) is 0 Å². The van der Waals surface area contributed by atoms with E-state index in [4.69, 9.17) is 9.47 Å². The molecule has 8 heteroatoms. The van der Waals surface area contributed by atoms with E-state index in [1.807, 2.05) is 6.07 Å². The fraction of sp³-hybridized carbons (Fsp3) is 0.500. The lowest BCUT2D eigenvalue weighted by molar-refractivity contribution is -0.141. The summed E-state index contributed by atoms with van der Waals surface area (Å²) in [4.78, 5) is 15.5. The van der Waals surface area contributed by atoms with Crippen molar-refractivity contribution < 1.29 is 24.5 Å². The molecule has 0 saturated heterocycles. The van der Waals surface area contributed by atoms with Gasteiger partial charge in [-0.1, -0.05) is 0 Å². The number of nitrogens with one attached hydrogen (secondary N) is 1. The number of anilines is 1. The Hall–Kier alpha value is -1.77. The zero-order chi connectivity index (χ0) is 17.6. The van der Waals surface area contributed by atoms with Crippen molar-refractivity contribution in [2.24, 2.45) is 4.99 Å². The van der Waals surface area contributed by atoms with Crippen LogP contribution in [0.5, 0.6) is 5.75 Å². The summed E-state index contributed by atoms with van der Waals surface area (Å²) < 4.78 is 10.2. The summed E-state index contributed by atoms with van der Waals surface area (Å²) in [7, 11) is 1.62. The van der Waals surface area contributed by atoms with Crippen LogP contribution in [0.15, 0.2) is 23.2 Å². The van der Waals surface area contributed by atoms with Crippen LogP contribution in [0.2, 0.25) is 0 Å². The van der Waals surface area contributed by atoms with Crippen molar-refractivity contribution in [3.63, 3.8) is 0 Å². The van der Waals surface area contributed by atoms with Crippen LogP contribution in [0.25, 0.3) is 0 Å². The summed E-state index contributed by atoms with van der Waals surface area (Å²) in [5.74, 6) is -0.534. The minimum Gasteiger partial charge on any atom is -0.507 e. The standard InChI is InChI=1S/C16H22N2O5S/c1-16(15(20)21)10-24-14(18-16)12-4-3-11(9-13(12)19)17-5-6-23-8-7-22-2/h3-4,9,17,19H,5-8,10H2,1-2H3,(H,20,21). The number of aliphatic imine (C=N–C) groups is 1. The number of benzene rings is 1. The smallest absolute Gasteiger partial charge is 0.332 e. The Morgan fingerprint density at radius 1 is 1.42 bits per heavy atom. The molecule has 1 aliphatic heterocycles. The molecule has 1 unspecified atom stereocenters. The number of carbonyl (C=O) groups is 1. The van der Waals surface area contributed by atoms with Crippen LogP contribution < -0.4 is 5.32 Å². The topological polar surface area (TPSA) is 100 Å². The second-order valence-corrected chi connectivity index (χ2v) is 6.51. The van der Waals surface area contributed by atoms with Crippen molar-refractivity contribution in [3.8, 4) is 5.75 Å². The van der Waals surface area contributed by atoms with Gasteiger partial charge in [-0.3, -0.25) is 4.99 Å². The molecule has 0 bridgehead atoms.